The van der Waals surface area contributed by atoms with Crippen LogP contribution >= 0.6 is 0 Å². The molecule has 0 saturated carbocycles. The first-order valence-electron chi connectivity index (χ1n) is 5.82. The normalized spacial score (nSPS) is 9.95. The summed E-state index contributed by atoms with van der Waals surface area (Å²) in [4.78, 5) is 11.3. The van der Waals surface area contributed by atoms with Crippen LogP contribution in [0.1, 0.15) is 11.1 Å². The average Bonchev–Trinajstić information content (AvgIpc) is 2.41. The number of carbonyl (C=O) groups excluding carboxylic acids is 1. The fraction of sp³-hybridized carbons (Fsp3) is 0.385. The summed E-state index contributed by atoms with van der Waals surface area (Å²) in [5.74, 6) is -0.678. The van der Waals surface area contributed by atoms with Crippen molar-refractivity contribution >= 4 is 5.91 Å². The van der Waals surface area contributed by atoms with Gasteiger partial charge in [0.25, 0.3) is 0 Å². The highest BCUT2D eigenvalue weighted by Gasteiger charge is 2.04. The van der Waals surface area contributed by atoms with Crippen LogP contribution in [0.5, 0.6) is 0 Å². The Balaban J connectivity index is 2.33. The fourth-order valence-electron chi connectivity index (χ4n) is 1.44. The molecule has 0 aromatic heterocycles. The zero-order valence-electron chi connectivity index (χ0n) is 10.7. The summed E-state index contributed by atoms with van der Waals surface area (Å²) in [6, 6.07) is 6.06. The number of nitriles is 1. The zero-order valence-corrected chi connectivity index (χ0v) is 10.7. The monoisotopic (exact) mass is 265 g/mol. The number of methoxy groups -OCH3 is 1. The number of rotatable bonds is 7. The maximum Gasteiger partial charge on any atom is 0.234 e. The second-order valence-electron chi connectivity index (χ2n) is 3.87. The molecule has 0 aliphatic heterocycles. The Labute approximate surface area is 111 Å². The number of amides is 1. The van der Waals surface area contributed by atoms with Gasteiger partial charge in [-0.05, 0) is 17.7 Å². The van der Waals surface area contributed by atoms with E-state index in [1.165, 1.54) is 12.1 Å². The van der Waals surface area contributed by atoms with Gasteiger partial charge >= 0.3 is 0 Å². The Hall–Kier alpha value is -1.97. The van der Waals surface area contributed by atoms with E-state index in [2.05, 4.69) is 10.6 Å². The number of hydrogen-bond acceptors (Lipinski definition) is 4. The Morgan fingerprint density at radius 1 is 1.53 bits per heavy atom. The van der Waals surface area contributed by atoms with Gasteiger partial charge in [-0.2, -0.15) is 5.26 Å². The van der Waals surface area contributed by atoms with Gasteiger partial charge in [-0.1, -0.05) is 6.07 Å². The third-order valence-electron chi connectivity index (χ3n) is 2.39. The maximum atomic E-state index is 13.1. The molecule has 0 fully saturated rings. The summed E-state index contributed by atoms with van der Waals surface area (Å²) in [5.41, 5.74) is 0.756. The van der Waals surface area contributed by atoms with Crippen LogP contribution in [0.2, 0.25) is 0 Å². The van der Waals surface area contributed by atoms with Crippen LogP contribution in [0.4, 0.5) is 4.39 Å². The highest BCUT2D eigenvalue weighted by molar-refractivity contribution is 5.77. The lowest BCUT2D eigenvalue weighted by atomic mass is 10.1. The average molecular weight is 265 g/mol. The SMILES string of the molecule is COCCNC(=O)CNCc1ccc(F)c(C#N)c1. The second-order valence-corrected chi connectivity index (χ2v) is 3.87. The van der Waals surface area contributed by atoms with Crippen LogP contribution in [-0.4, -0.2) is 32.7 Å². The molecule has 6 heteroatoms. The van der Waals surface area contributed by atoms with E-state index in [1.54, 1.807) is 19.2 Å². The lowest BCUT2D eigenvalue weighted by Gasteiger charge is -2.06. The van der Waals surface area contributed by atoms with Crippen molar-refractivity contribution < 1.29 is 13.9 Å². The van der Waals surface area contributed by atoms with Crippen LogP contribution in [0.3, 0.4) is 0 Å². The molecule has 0 aliphatic rings. The molecule has 1 rings (SSSR count). The van der Waals surface area contributed by atoms with Gasteiger partial charge in [-0.25, -0.2) is 4.39 Å². The summed E-state index contributed by atoms with van der Waals surface area (Å²) in [5, 5.41) is 14.3. The van der Waals surface area contributed by atoms with Gasteiger partial charge in [0.1, 0.15) is 11.9 Å². The molecule has 0 unspecified atom stereocenters. The van der Waals surface area contributed by atoms with E-state index < -0.39 is 5.82 Å². The van der Waals surface area contributed by atoms with E-state index in [0.29, 0.717) is 19.7 Å². The van der Waals surface area contributed by atoms with Crippen LogP contribution in [0.25, 0.3) is 0 Å². The van der Waals surface area contributed by atoms with Gasteiger partial charge in [0.2, 0.25) is 5.91 Å². The molecule has 0 saturated heterocycles. The number of benzene rings is 1. The Morgan fingerprint density at radius 2 is 2.32 bits per heavy atom. The molecule has 0 aliphatic carbocycles. The number of halogens is 1. The standard InChI is InChI=1S/C13H16FN3O2/c1-19-5-4-17-13(18)9-16-8-10-2-3-12(14)11(6-10)7-15/h2-3,6,16H,4-5,8-9H2,1H3,(H,17,18). The first-order valence-corrected chi connectivity index (χ1v) is 5.82. The van der Waals surface area contributed by atoms with Gasteiger partial charge in [-0.15, -0.1) is 0 Å². The minimum absolute atomic E-state index is 0.00356. The van der Waals surface area contributed by atoms with Gasteiger partial charge in [0, 0.05) is 20.2 Å². The molecule has 0 bridgehead atoms. The number of nitrogens with one attached hydrogen (secondary N) is 2. The Kier molecular flexibility index (Phi) is 6.50. The van der Waals surface area contributed by atoms with Gasteiger partial charge in [0.05, 0.1) is 18.7 Å². The van der Waals surface area contributed by atoms with Gasteiger partial charge in [0.15, 0.2) is 0 Å². The zero-order chi connectivity index (χ0) is 14.1. The molecular formula is C13H16FN3O2. The van der Waals surface area contributed by atoms with E-state index in [9.17, 15) is 9.18 Å². The summed E-state index contributed by atoms with van der Waals surface area (Å²) in [7, 11) is 1.56. The smallest absolute Gasteiger partial charge is 0.234 e. The quantitative estimate of drug-likeness (QED) is 0.706. The van der Waals surface area contributed by atoms with Crippen molar-refractivity contribution in [3.8, 4) is 6.07 Å². The molecular weight excluding hydrogens is 249 g/mol. The van der Waals surface area contributed by atoms with Gasteiger partial charge < -0.3 is 15.4 Å². The summed E-state index contributed by atoms with van der Waals surface area (Å²) < 4.78 is 17.9. The maximum absolute atomic E-state index is 13.1. The van der Waals surface area contributed by atoms with Crippen LogP contribution < -0.4 is 10.6 Å². The third-order valence-corrected chi connectivity index (χ3v) is 2.39. The van der Waals surface area contributed by atoms with Crippen molar-refractivity contribution in [2.45, 2.75) is 6.54 Å². The lowest BCUT2D eigenvalue weighted by Crippen LogP contribution is -2.35. The molecule has 0 atom stereocenters. The highest BCUT2D eigenvalue weighted by Crippen LogP contribution is 2.09. The predicted molar refractivity (Wildman–Crippen MR) is 67.7 cm³/mol. The van der Waals surface area contributed by atoms with Crippen molar-refractivity contribution in [1.82, 2.24) is 10.6 Å². The van der Waals surface area contributed by atoms with E-state index in [0.717, 1.165) is 5.56 Å². The van der Waals surface area contributed by atoms with E-state index >= 15 is 0 Å². The van der Waals surface area contributed by atoms with Crippen molar-refractivity contribution in [2.24, 2.45) is 0 Å². The minimum atomic E-state index is -0.538. The van der Waals surface area contributed by atoms with Crippen LogP contribution in [0, 0.1) is 17.1 Å². The third kappa shape index (κ3) is 5.46. The molecule has 0 heterocycles. The molecule has 2 N–H and O–H groups in total. The molecule has 5 nitrogen and oxygen atoms in total. The summed E-state index contributed by atoms with van der Waals surface area (Å²) in [6.07, 6.45) is 0. The topological polar surface area (TPSA) is 74.2 Å². The molecule has 1 aromatic rings. The molecule has 102 valence electrons. The van der Waals surface area contributed by atoms with E-state index in [1.807, 2.05) is 0 Å². The van der Waals surface area contributed by atoms with Crippen LogP contribution in [-0.2, 0) is 16.1 Å². The summed E-state index contributed by atoms with van der Waals surface area (Å²) in [6.45, 7) is 1.48. The first-order chi connectivity index (χ1) is 9.17. The van der Waals surface area contributed by atoms with Crippen molar-refractivity contribution in [2.75, 3.05) is 26.8 Å². The Bertz CT molecular complexity index is 471. The van der Waals surface area contributed by atoms with Gasteiger partial charge in [-0.3, -0.25) is 4.79 Å². The molecule has 19 heavy (non-hydrogen) atoms. The van der Waals surface area contributed by atoms with E-state index in [4.69, 9.17) is 10.00 Å². The molecule has 0 spiro atoms. The van der Waals surface area contributed by atoms with Crippen LogP contribution in [0.15, 0.2) is 18.2 Å². The largest absolute Gasteiger partial charge is 0.383 e. The van der Waals surface area contributed by atoms with E-state index in [-0.39, 0.29) is 18.0 Å². The fourth-order valence-corrected chi connectivity index (χ4v) is 1.44. The van der Waals surface area contributed by atoms with Crippen molar-refractivity contribution in [3.63, 3.8) is 0 Å². The number of ether oxygens (including phenoxy) is 1. The van der Waals surface area contributed by atoms with Crippen molar-refractivity contribution in [3.05, 3.63) is 35.1 Å². The number of carbonyl (C=O) groups is 1. The second kappa shape index (κ2) is 8.19. The lowest BCUT2D eigenvalue weighted by molar-refractivity contribution is -0.120. The minimum Gasteiger partial charge on any atom is -0.383 e. The first kappa shape index (κ1) is 15.1. The summed E-state index contributed by atoms with van der Waals surface area (Å²) >= 11 is 0. The number of hydrogen-bond donors (Lipinski definition) is 2. The molecule has 0 radical (unpaired) electrons. The van der Waals surface area contributed by atoms with Crippen molar-refractivity contribution in [1.29, 1.82) is 5.26 Å². The Morgan fingerprint density at radius 3 is 3.00 bits per heavy atom. The predicted octanol–water partition coefficient (Wildman–Crippen LogP) is 0.550. The number of nitrogens with zero attached hydrogens (tertiary/aromatic N) is 1. The highest BCUT2D eigenvalue weighted by atomic mass is 19.1. The molecule has 1 amide bonds. The molecule has 1 aromatic carbocycles.